The summed E-state index contributed by atoms with van der Waals surface area (Å²) in [6.45, 7) is 4.31. The first kappa shape index (κ1) is 15.2. The number of fused-ring (bicyclic) bond motifs is 1. The summed E-state index contributed by atoms with van der Waals surface area (Å²) in [4.78, 5) is 7.27. The van der Waals surface area contributed by atoms with Crippen LogP contribution in [0.15, 0.2) is 48.5 Å². The molecule has 0 saturated carbocycles. The zero-order valence-electron chi connectivity index (χ0n) is 13.8. The van der Waals surface area contributed by atoms with Gasteiger partial charge in [0.2, 0.25) is 0 Å². The van der Waals surface area contributed by atoms with Gasteiger partial charge in [-0.3, -0.25) is 9.47 Å². The van der Waals surface area contributed by atoms with Crippen molar-refractivity contribution in [2.24, 2.45) is 0 Å². The number of nitrogens with zero attached hydrogens (tertiary/aromatic N) is 3. The van der Waals surface area contributed by atoms with E-state index >= 15 is 0 Å². The molecule has 0 radical (unpaired) electrons. The van der Waals surface area contributed by atoms with E-state index in [1.807, 2.05) is 18.2 Å². The van der Waals surface area contributed by atoms with Gasteiger partial charge in [0.15, 0.2) is 0 Å². The second kappa shape index (κ2) is 6.63. The average Bonchev–Trinajstić information content (AvgIpc) is 3.00. The van der Waals surface area contributed by atoms with Crippen LogP contribution < -0.4 is 4.74 Å². The zero-order chi connectivity index (χ0) is 16.4. The van der Waals surface area contributed by atoms with Crippen LogP contribution in [0.2, 0.25) is 0 Å². The van der Waals surface area contributed by atoms with Gasteiger partial charge >= 0.3 is 0 Å². The van der Waals surface area contributed by atoms with E-state index in [1.54, 1.807) is 7.11 Å². The van der Waals surface area contributed by atoms with Crippen LogP contribution in [0.25, 0.3) is 16.7 Å². The van der Waals surface area contributed by atoms with Crippen LogP contribution in [0.1, 0.15) is 5.82 Å². The molecule has 0 amide bonds. The number of benzene rings is 2. The Morgan fingerprint density at radius 1 is 1.04 bits per heavy atom. The third-order valence-corrected chi connectivity index (χ3v) is 4.43. The van der Waals surface area contributed by atoms with Crippen LogP contribution in [0.4, 0.5) is 0 Å². The highest BCUT2D eigenvalue weighted by molar-refractivity contribution is 5.78. The van der Waals surface area contributed by atoms with Crippen LogP contribution in [0.5, 0.6) is 5.75 Å². The normalized spacial score (nSPS) is 15.7. The number of imidazole rings is 1. The van der Waals surface area contributed by atoms with Crippen molar-refractivity contribution in [3.8, 4) is 11.4 Å². The molecule has 3 aromatic rings. The molecule has 2 heterocycles. The van der Waals surface area contributed by atoms with Crippen molar-refractivity contribution < 1.29 is 9.47 Å². The Bertz CT molecular complexity index is 820. The molecule has 0 spiro atoms. The minimum atomic E-state index is 0.794. The van der Waals surface area contributed by atoms with E-state index in [4.69, 9.17) is 14.5 Å². The maximum absolute atomic E-state index is 5.45. The summed E-state index contributed by atoms with van der Waals surface area (Å²) < 4.78 is 13.0. The fraction of sp³-hybridized carbons (Fsp3) is 0.316. The van der Waals surface area contributed by atoms with Gasteiger partial charge in [-0.25, -0.2) is 4.98 Å². The number of ether oxygens (including phenoxy) is 2. The highest BCUT2D eigenvalue weighted by atomic mass is 16.5. The summed E-state index contributed by atoms with van der Waals surface area (Å²) in [6, 6.07) is 16.4. The molecule has 1 fully saturated rings. The number of morpholine rings is 1. The zero-order valence-corrected chi connectivity index (χ0v) is 13.8. The van der Waals surface area contributed by atoms with Crippen LogP contribution >= 0.6 is 0 Å². The molecule has 24 heavy (non-hydrogen) atoms. The summed E-state index contributed by atoms with van der Waals surface area (Å²) >= 11 is 0. The van der Waals surface area contributed by atoms with Crippen LogP contribution in [-0.2, 0) is 11.3 Å². The Hall–Kier alpha value is -2.37. The lowest BCUT2D eigenvalue weighted by molar-refractivity contribution is 0.0329. The molecule has 4 rings (SSSR count). The lowest BCUT2D eigenvalue weighted by Gasteiger charge is -2.26. The molecule has 5 heteroatoms. The third-order valence-electron chi connectivity index (χ3n) is 4.43. The SMILES string of the molecule is COc1ccc(-n2c(CN3CCOCC3)nc3ccccc32)cc1. The van der Waals surface area contributed by atoms with E-state index in [9.17, 15) is 0 Å². The molecule has 0 atom stereocenters. The second-order valence-corrected chi connectivity index (χ2v) is 5.94. The standard InChI is InChI=1S/C19H21N3O2/c1-23-16-8-6-15(7-9-16)22-18-5-3-2-4-17(18)20-19(22)14-21-10-12-24-13-11-21/h2-9H,10-14H2,1H3. The maximum Gasteiger partial charge on any atom is 0.128 e. The molecule has 124 valence electrons. The molecule has 5 nitrogen and oxygen atoms in total. The lowest BCUT2D eigenvalue weighted by atomic mass is 10.2. The first-order valence-electron chi connectivity index (χ1n) is 8.26. The molecule has 1 saturated heterocycles. The molecule has 0 N–H and O–H groups in total. The number of aromatic nitrogens is 2. The summed E-state index contributed by atoms with van der Waals surface area (Å²) in [6.07, 6.45) is 0. The fourth-order valence-electron chi connectivity index (χ4n) is 3.16. The Labute approximate surface area is 141 Å². The highest BCUT2D eigenvalue weighted by Gasteiger charge is 2.17. The molecule has 0 bridgehead atoms. The molecule has 0 unspecified atom stereocenters. The average molecular weight is 323 g/mol. The van der Waals surface area contributed by atoms with Gasteiger partial charge in [0.1, 0.15) is 11.6 Å². The first-order chi connectivity index (χ1) is 11.8. The topological polar surface area (TPSA) is 39.5 Å². The summed E-state index contributed by atoms with van der Waals surface area (Å²) in [5.41, 5.74) is 3.26. The van der Waals surface area contributed by atoms with Gasteiger partial charge < -0.3 is 9.47 Å². The smallest absolute Gasteiger partial charge is 0.128 e. The molecular formula is C19H21N3O2. The number of para-hydroxylation sites is 2. The van der Waals surface area contributed by atoms with Crippen LogP contribution in [-0.4, -0.2) is 47.9 Å². The number of hydrogen-bond acceptors (Lipinski definition) is 4. The summed E-state index contributed by atoms with van der Waals surface area (Å²) in [5, 5.41) is 0. The number of methoxy groups -OCH3 is 1. The second-order valence-electron chi connectivity index (χ2n) is 5.94. The molecule has 0 aliphatic carbocycles. The minimum Gasteiger partial charge on any atom is -0.497 e. The van der Waals surface area contributed by atoms with Gasteiger partial charge in [0, 0.05) is 18.8 Å². The fourth-order valence-corrected chi connectivity index (χ4v) is 3.16. The van der Waals surface area contributed by atoms with Crippen molar-refractivity contribution in [3.63, 3.8) is 0 Å². The maximum atomic E-state index is 5.45. The quantitative estimate of drug-likeness (QED) is 0.740. The first-order valence-corrected chi connectivity index (χ1v) is 8.26. The van der Waals surface area contributed by atoms with Gasteiger partial charge in [-0.05, 0) is 36.4 Å². The Balaban J connectivity index is 1.76. The van der Waals surface area contributed by atoms with Gasteiger partial charge in [-0.1, -0.05) is 12.1 Å². The van der Waals surface area contributed by atoms with E-state index in [-0.39, 0.29) is 0 Å². The van der Waals surface area contributed by atoms with Gasteiger partial charge in [-0.15, -0.1) is 0 Å². The van der Waals surface area contributed by atoms with E-state index in [2.05, 4.69) is 39.8 Å². The largest absolute Gasteiger partial charge is 0.497 e. The number of rotatable bonds is 4. The van der Waals surface area contributed by atoms with Crippen molar-refractivity contribution in [1.29, 1.82) is 0 Å². The van der Waals surface area contributed by atoms with Crippen molar-refractivity contribution >= 4 is 11.0 Å². The van der Waals surface area contributed by atoms with E-state index in [1.165, 1.54) is 0 Å². The monoisotopic (exact) mass is 323 g/mol. The highest BCUT2D eigenvalue weighted by Crippen LogP contribution is 2.24. The molecule has 2 aromatic carbocycles. The van der Waals surface area contributed by atoms with Crippen molar-refractivity contribution in [2.75, 3.05) is 33.4 Å². The lowest BCUT2D eigenvalue weighted by Crippen LogP contribution is -2.36. The molecular weight excluding hydrogens is 302 g/mol. The third kappa shape index (κ3) is 2.88. The van der Waals surface area contributed by atoms with E-state index in [0.29, 0.717) is 0 Å². The molecule has 1 aliphatic heterocycles. The van der Waals surface area contributed by atoms with Crippen LogP contribution in [0, 0.1) is 0 Å². The molecule has 1 aliphatic rings. The van der Waals surface area contributed by atoms with Gasteiger partial charge in [0.25, 0.3) is 0 Å². The predicted molar refractivity (Wildman–Crippen MR) is 93.7 cm³/mol. The van der Waals surface area contributed by atoms with Gasteiger partial charge in [0.05, 0.1) is 37.9 Å². The Kier molecular flexibility index (Phi) is 4.19. The van der Waals surface area contributed by atoms with Crippen LogP contribution in [0.3, 0.4) is 0 Å². The van der Waals surface area contributed by atoms with E-state index < -0.39 is 0 Å². The predicted octanol–water partition coefficient (Wildman–Crippen LogP) is 2.87. The van der Waals surface area contributed by atoms with Gasteiger partial charge in [-0.2, -0.15) is 0 Å². The van der Waals surface area contributed by atoms with Crippen molar-refractivity contribution in [2.45, 2.75) is 6.54 Å². The summed E-state index contributed by atoms with van der Waals surface area (Å²) in [5.74, 6) is 1.92. The van der Waals surface area contributed by atoms with E-state index in [0.717, 1.165) is 61.1 Å². The number of hydrogen-bond donors (Lipinski definition) is 0. The Morgan fingerprint density at radius 3 is 2.54 bits per heavy atom. The Morgan fingerprint density at radius 2 is 1.79 bits per heavy atom. The van der Waals surface area contributed by atoms with Crippen molar-refractivity contribution in [3.05, 3.63) is 54.4 Å². The minimum absolute atomic E-state index is 0.794. The molecule has 1 aromatic heterocycles. The van der Waals surface area contributed by atoms with Crippen molar-refractivity contribution in [1.82, 2.24) is 14.5 Å². The summed E-state index contributed by atoms with van der Waals surface area (Å²) in [7, 11) is 1.69.